The number of hydrogen-bond acceptors (Lipinski definition) is 7. The quantitative estimate of drug-likeness (QED) is 0.168. The number of unbranched alkanes of at least 4 members (excludes halogenated alkanes) is 5. The highest BCUT2D eigenvalue weighted by Gasteiger charge is 2.15. The molecular formula is C28H41N5O4Si. The van der Waals surface area contributed by atoms with Crippen LogP contribution in [0.2, 0.25) is 25.7 Å². The molecule has 206 valence electrons. The van der Waals surface area contributed by atoms with E-state index in [1.807, 2.05) is 10.6 Å². The third-order valence-corrected chi connectivity index (χ3v) is 7.83. The maximum absolute atomic E-state index is 12.3. The molecule has 10 heteroatoms. The van der Waals surface area contributed by atoms with Crippen LogP contribution in [-0.2, 0) is 11.5 Å². The van der Waals surface area contributed by atoms with E-state index in [2.05, 4.69) is 47.1 Å². The molecule has 2 N–H and O–H groups in total. The maximum Gasteiger partial charge on any atom is 0.412 e. The number of hydrogen-bond donors (Lipinski definition) is 2. The fraction of sp³-hybridized carbons (Fsp3) is 0.500. The van der Waals surface area contributed by atoms with Gasteiger partial charge in [0, 0.05) is 50.3 Å². The van der Waals surface area contributed by atoms with Crippen LogP contribution in [0.4, 0.5) is 4.79 Å². The van der Waals surface area contributed by atoms with Crippen molar-refractivity contribution in [1.82, 2.24) is 25.1 Å². The number of aromatic nitrogens is 4. The van der Waals surface area contributed by atoms with Crippen LogP contribution in [0.5, 0.6) is 11.5 Å². The molecule has 1 aromatic carbocycles. The van der Waals surface area contributed by atoms with Gasteiger partial charge < -0.3 is 19.9 Å². The lowest BCUT2D eigenvalue weighted by Crippen LogP contribution is -2.27. The van der Waals surface area contributed by atoms with E-state index < -0.39 is 14.2 Å². The van der Waals surface area contributed by atoms with Gasteiger partial charge in [-0.15, -0.1) is 10.2 Å². The molecule has 1 amide bonds. The summed E-state index contributed by atoms with van der Waals surface area (Å²) in [5.41, 5.74) is 1.89. The fourth-order valence-corrected chi connectivity index (χ4v) is 4.63. The highest BCUT2D eigenvalue weighted by Crippen LogP contribution is 2.34. The average Bonchev–Trinajstić information content (AvgIpc) is 3.35. The molecule has 0 bridgehead atoms. The van der Waals surface area contributed by atoms with Crippen molar-refractivity contribution in [2.75, 3.05) is 13.2 Å². The molecule has 38 heavy (non-hydrogen) atoms. The van der Waals surface area contributed by atoms with Crippen LogP contribution in [0.15, 0.2) is 43.0 Å². The van der Waals surface area contributed by atoms with Gasteiger partial charge in [-0.2, -0.15) is 0 Å². The molecule has 3 rings (SSSR count). The fourth-order valence-electron chi connectivity index (χ4n) is 3.87. The Bertz CT molecular complexity index is 1160. The standard InChI is InChI=1S/C28H41N5O4Si/c1-5-6-7-8-9-10-13-30-28(35)37-24-11-12-26(34)25(17-24)22-16-23(19-29-18-22)27-32-31-20-33(27)21-36-14-15-38(2,3)4/h11-12,16-20,34H,5-10,13-15,21H2,1-4H3,(H,30,35). The third-order valence-electron chi connectivity index (χ3n) is 6.13. The number of aromatic hydroxyl groups is 1. The number of phenols is 1. The number of phenolic OH excluding ortho intramolecular Hbond substituents is 1. The van der Waals surface area contributed by atoms with Gasteiger partial charge in [-0.05, 0) is 36.7 Å². The van der Waals surface area contributed by atoms with Crippen LogP contribution in [0, 0.1) is 0 Å². The van der Waals surface area contributed by atoms with E-state index >= 15 is 0 Å². The molecule has 2 heterocycles. The normalized spacial score (nSPS) is 11.5. The predicted molar refractivity (Wildman–Crippen MR) is 152 cm³/mol. The minimum atomic E-state index is -1.17. The molecule has 9 nitrogen and oxygen atoms in total. The topological polar surface area (TPSA) is 111 Å². The van der Waals surface area contributed by atoms with Crippen molar-refractivity contribution < 1.29 is 19.4 Å². The van der Waals surface area contributed by atoms with Crippen molar-refractivity contribution in [2.24, 2.45) is 0 Å². The SMILES string of the molecule is CCCCCCCCNC(=O)Oc1ccc(O)c(-c2cncc(-c3nncn3COCC[Si](C)(C)C)c2)c1. The van der Waals surface area contributed by atoms with E-state index in [9.17, 15) is 9.90 Å². The van der Waals surface area contributed by atoms with E-state index in [1.165, 1.54) is 31.7 Å². The molecule has 3 aromatic rings. The summed E-state index contributed by atoms with van der Waals surface area (Å²) in [6, 6.07) is 7.65. The van der Waals surface area contributed by atoms with Gasteiger partial charge in [-0.25, -0.2) is 4.79 Å². The Balaban J connectivity index is 1.62. The number of ether oxygens (including phenoxy) is 2. The van der Waals surface area contributed by atoms with Crippen LogP contribution in [0.3, 0.4) is 0 Å². The minimum absolute atomic E-state index is 0.0555. The van der Waals surface area contributed by atoms with Gasteiger partial charge in [0.2, 0.25) is 0 Å². The van der Waals surface area contributed by atoms with Crippen LogP contribution < -0.4 is 10.1 Å². The number of pyridine rings is 1. The smallest absolute Gasteiger partial charge is 0.412 e. The molecule has 0 fully saturated rings. The van der Waals surface area contributed by atoms with Crippen molar-refractivity contribution >= 4 is 14.2 Å². The monoisotopic (exact) mass is 539 g/mol. The van der Waals surface area contributed by atoms with Crippen molar-refractivity contribution in [1.29, 1.82) is 0 Å². The van der Waals surface area contributed by atoms with Crippen molar-refractivity contribution in [2.45, 2.75) is 77.9 Å². The highest BCUT2D eigenvalue weighted by molar-refractivity contribution is 6.76. The Labute approximate surface area is 226 Å². The Morgan fingerprint density at radius 1 is 1.05 bits per heavy atom. The van der Waals surface area contributed by atoms with Crippen LogP contribution in [0.25, 0.3) is 22.5 Å². The molecular weight excluding hydrogens is 498 g/mol. The minimum Gasteiger partial charge on any atom is -0.507 e. The van der Waals surface area contributed by atoms with Gasteiger partial charge in [0.15, 0.2) is 5.82 Å². The second kappa shape index (κ2) is 14.6. The second-order valence-corrected chi connectivity index (χ2v) is 16.3. The van der Waals surface area contributed by atoms with Gasteiger partial charge in [-0.1, -0.05) is 58.7 Å². The number of nitrogens with one attached hydrogen (secondary N) is 1. The highest BCUT2D eigenvalue weighted by atomic mass is 28.3. The molecule has 0 atom stereocenters. The van der Waals surface area contributed by atoms with E-state index in [4.69, 9.17) is 9.47 Å². The van der Waals surface area contributed by atoms with E-state index in [1.54, 1.807) is 30.9 Å². The zero-order valence-corrected chi connectivity index (χ0v) is 24.1. The number of carbonyl (C=O) groups is 1. The molecule has 0 unspecified atom stereocenters. The first-order valence-electron chi connectivity index (χ1n) is 13.5. The van der Waals surface area contributed by atoms with E-state index in [0.717, 1.165) is 24.4 Å². The Kier molecular flexibility index (Phi) is 11.3. The summed E-state index contributed by atoms with van der Waals surface area (Å²) in [6.45, 7) is 10.8. The third kappa shape index (κ3) is 9.57. The second-order valence-electron chi connectivity index (χ2n) is 10.7. The van der Waals surface area contributed by atoms with E-state index in [0.29, 0.717) is 42.6 Å². The zero-order chi connectivity index (χ0) is 27.4. The van der Waals surface area contributed by atoms with Gasteiger partial charge >= 0.3 is 6.09 Å². The molecule has 0 aliphatic carbocycles. The first-order valence-corrected chi connectivity index (χ1v) is 17.2. The summed E-state index contributed by atoms with van der Waals surface area (Å²) in [4.78, 5) is 16.6. The Hall–Kier alpha value is -3.24. The lowest BCUT2D eigenvalue weighted by molar-refractivity contribution is 0.0880. The summed E-state index contributed by atoms with van der Waals surface area (Å²) in [7, 11) is -1.17. The summed E-state index contributed by atoms with van der Waals surface area (Å²) in [5, 5.41) is 21.6. The molecule has 0 saturated heterocycles. The lowest BCUT2D eigenvalue weighted by atomic mass is 10.0. The van der Waals surface area contributed by atoms with Crippen LogP contribution >= 0.6 is 0 Å². The summed E-state index contributed by atoms with van der Waals surface area (Å²) < 4.78 is 13.1. The average molecular weight is 540 g/mol. The Morgan fingerprint density at radius 3 is 2.61 bits per heavy atom. The molecule has 0 spiro atoms. The zero-order valence-electron chi connectivity index (χ0n) is 23.1. The molecule has 2 aromatic heterocycles. The van der Waals surface area contributed by atoms with Gasteiger partial charge in [0.1, 0.15) is 24.6 Å². The van der Waals surface area contributed by atoms with Gasteiger partial charge in [-0.3, -0.25) is 9.55 Å². The number of amides is 1. The summed E-state index contributed by atoms with van der Waals surface area (Å²) >= 11 is 0. The lowest BCUT2D eigenvalue weighted by Gasteiger charge is -2.16. The number of carbonyl (C=O) groups excluding carboxylic acids is 1. The van der Waals surface area contributed by atoms with Crippen molar-refractivity contribution in [3.63, 3.8) is 0 Å². The summed E-state index contributed by atoms with van der Waals surface area (Å²) in [6.07, 6.45) is 11.4. The van der Waals surface area contributed by atoms with Crippen LogP contribution in [0.1, 0.15) is 45.4 Å². The van der Waals surface area contributed by atoms with Crippen LogP contribution in [-0.4, -0.2) is 52.2 Å². The summed E-state index contributed by atoms with van der Waals surface area (Å²) in [5.74, 6) is 1.01. The Morgan fingerprint density at radius 2 is 1.82 bits per heavy atom. The first kappa shape index (κ1) is 29.3. The molecule has 0 aliphatic rings. The molecule has 0 radical (unpaired) electrons. The van der Waals surface area contributed by atoms with Crippen molar-refractivity contribution in [3.05, 3.63) is 43.0 Å². The van der Waals surface area contributed by atoms with Gasteiger partial charge in [0.05, 0.1) is 0 Å². The molecule has 0 aliphatic heterocycles. The van der Waals surface area contributed by atoms with Crippen molar-refractivity contribution in [3.8, 4) is 34.0 Å². The predicted octanol–water partition coefficient (Wildman–Crippen LogP) is 6.47. The number of benzene rings is 1. The van der Waals surface area contributed by atoms with Gasteiger partial charge in [0.25, 0.3) is 0 Å². The molecule has 0 saturated carbocycles. The largest absolute Gasteiger partial charge is 0.507 e. The maximum atomic E-state index is 12.3. The first-order chi connectivity index (χ1) is 18.3. The number of rotatable bonds is 15. The van der Waals surface area contributed by atoms with E-state index in [-0.39, 0.29) is 5.75 Å². The number of nitrogens with zero attached hydrogens (tertiary/aromatic N) is 4.